The van der Waals surface area contributed by atoms with Gasteiger partial charge in [-0.15, -0.1) is 0 Å². The average Bonchev–Trinajstić information content (AvgIpc) is 2.77. The molecule has 8 heteroatoms. The van der Waals surface area contributed by atoms with Gasteiger partial charge in [-0.05, 0) is 43.6 Å². The van der Waals surface area contributed by atoms with Gasteiger partial charge in [0.1, 0.15) is 6.54 Å². The van der Waals surface area contributed by atoms with Crippen molar-refractivity contribution in [2.24, 2.45) is 0 Å². The first-order valence-corrected chi connectivity index (χ1v) is 8.49. The summed E-state index contributed by atoms with van der Waals surface area (Å²) in [5.41, 5.74) is 0.653. The van der Waals surface area contributed by atoms with Crippen LogP contribution >= 0.6 is 23.4 Å². The van der Waals surface area contributed by atoms with Crippen LogP contribution in [0.4, 0.5) is 4.79 Å². The number of imide groups is 1. The Labute approximate surface area is 149 Å². The molecular formula is C16H18ClN3O3S. The molecule has 1 aliphatic rings. The Morgan fingerprint density at radius 2 is 2.04 bits per heavy atom. The summed E-state index contributed by atoms with van der Waals surface area (Å²) < 4.78 is 0. The van der Waals surface area contributed by atoms with Crippen LogP contribution in [0.5, 0.6) is 0 Å². The molecule has 0 aliphatic carbocycles. The number of benzene rings is 1. The summed E-state index contributed by atoms with van der Waals surface area (Å²) in [6, 6.07) is 7.03. The standard InChI is InChI=1S/C16H18ClN3O3S/c1-19(2)8-7-18-14(21)10-20-15(22)13(24-16(20)23)9-11-5-3-4-6-12(11)17/h3-6,9H,7-8,10H2,1-2H3,(H,18,21). The summed E-state index contributed by atoms with van der Waals surface area (Å²) in [5, 5.41) is 2.71. The molecule has 2 rings (SSSR count). The summed E-state index contributed by atoms with van der Waals surface area (Å²) in [6.45, 7) is 0.857. The van der Waals surface area contributed by atoms with Gasteiger partial charge in [0, 0.05) is 18.1 Å². The zero-order valence-electron chi connectivity index (χ0n) is 13.4. The van der Waals surface area contributed by atoms with Gasteiger partial charge in [-0.3, -0.25) is 19.3 Å². The van der Waals surface area contributed by atoms with Crippen LogP contribution in [0.25, 0.3) is 6.08 Å². The lowest BCUT2D eigenvalue weighted by Gasteiger charge is -2.14. The third-order valence-corrected chi connectivity index (χ3v) is 4.50. The van der Waals surface area contributed by atoms with Gasteiger partial charge in [0.25, 0.3) is 11.1 Å². The van der Waals surface area contributed by atoms with Crippen LogP contribution in [-0.4, -0.2) is 60.6 Å². The molecule has 0 spiro atoms. The molecule has 1 aromatic rings. The first kappa shape index (κ1) is 18.5. The summed E-state index contributed by atoms with van der Waals surface area (Å²) in [5.74, 6) is -0.842. The monoisotopic (exact) mass is 367 g/mol. The molecule has 1 fully saturated rings. The van der Waals surface area contributed by atoms with Crippen molar-refractivity contribution in [2.75, 3.05) is 33.7 Å². The number of amides is 3. The molecule has 0 bridgehead atoms. The van der Waals surface area contributed by atoms with Crippen LogP contribution in [0.15, 0.2) is 29.2 Å². The molecule has 1 saturated heterocycles. The minimum Gasteiger partial charge on any atom is -0.353 e. The summed E-state index contributed by atoms with van der Waals surface area (Å²) in [6.07, 6.45) is 1.57. The lowest BCUT2D eigenvalue weighted by atomic mass is 10.2. The fourth-order valence-corrected chi connectivity index (χ4v) is 3.01. The molecule has 6 nitrogen and oxygen atoms in total. The van der Waals surface area contributed by atoms with Crippen LogP contribution in [0, 0.1) is 0 Å². The molecule has 1 aromatic carbocycles. The first-order chi connectivity index (χ1) is 11.4. The Balaban J connectivity index is 2.01. The number of halogens is 1. The number of nitrogens with one attached hydrogen (secondary N) is 1. The highest BCUT2D eigenvalue weighted by Crippen LogP contribution is 2.33. The van der Waals surface area contributed by atoms with Gasteiger partial charge in [-0.1, -0.05) is 29.8 Å². The van der Waals surface area contributed by atoms with Crippen LogP contribution < -0.4 is 5.32 Å². The van der Waals surface area contributed by atoms with E-state index in [9.17, 15) is 14.4 Å². The van der Waals surface area contributed by atoms with E-state index >= 15 is 0 Å². The van der Waals surface area contributed by atoms with E-state index in [2.05, 4.69) is 5.32 Å². The molecule has 1 aliphatic heterocycles. The van der Waals surface area contributed by atoms with Crippen molar-refractivity contribution in [3.63, 3.8) is 0 Å². The van der Waals surface area contributed by atoms with Crippen molar-refractivity contribution < 1.29 is 14.4 Å². The highest BCUT2D eigenvalue weighted by atomic mass is 35.5. The highest BCUT2D eigenvalue weighted by Gasteiger charge is 2.36. The summed E-state index contributed by atoms with van der Waals surface area (Å²) >= 11 is 6.87. The van der Waals surface area contributed by atoms with E-state index in [0.717, 1.165) is 16.7 Å². The minimum atomic E-state index is -0.479. The van der Waals surface area contributed by atoms with Crippen molar-refractivity contribution in [3.8, 4) is 0 Å². The Morgan fingerprint density at radius 3 is 2.71 bits per heavy atom. The second-order valence-electron chi connectivity index (χ2n) is 5.44. The molecule has 128 valence electrons. The van der Waals surface area contributed by atoms with Crippen LogP contribution in [0.1, 0.15) is 5.56 Å². The van der Waals surface area contributed by atoms with E-state index in [1.807, 2.05) is 19.0 Å². The Bertz CT molecular complexity index is 691. The van der Waals surface area contributed by atoms with Crippen LogP contribution in [-0.2, 0) is 9.59 Å². The van der Waals surface area contributed by atoms with Crippen LogP contribution in [0.2, 0.25) is 5.02 Å². The average molecular weight is 368 g/mol. The van der Waals surface area contributed by atoms with E-state index in [4.69, 9.17) is 11.6 Å². The zero-order chi connectivity index (χ0) is 17.7. The van der Waals surface area contributed by atoms with Gasteiger partial charge < -0.3 is 10.2 Å². The molecule has 1 N–H and O–H groups in total. The molecular weight excluding hydrogens is 350 g/mol. The van der Waals surface area contributed by atoms with Gasteiger partial charge in [0.05, 0.1) is 4.91 Å². The van der Waals surface area contributed by atoms with E-state index in [0.29, 0.717) is 23.7 Å². The SMILES string of the molecule is CN(C)CCNC(=O)CN1C(=O)SC(=Cc2ccccc2Cl)C1=O. The zero-order valence-corrected chi connectivity index (χ0v) is 15.0. The molecule has 24 heavy (non-hydrogen) atoms. The van der Waals surface area contributed by atoms with Crippen molar-refractivity contribution in [1.82, 2.24) is 15.1 Å². The lowest BCUT2D eigenvalue weighted by molar-refractivity contribution is -0.129. The number of likely N-dealkylation sites (N-methyl/N-ethyl adjacent to an activating group) is 1. The maximum absolute atomic E-state index is 12.3. The normalized spacial score (nSPS) is 16.3. The third-order valence-electron chi connectivity index (χ3n) is 3.25. The van der Waals surface area contributed by atoms with Crippen molar-refractivity contribution >= 4 is 46.5 Å². The number of rotatable bonds is 6. The predicted molar refractivity (Wildman–Crippen MR) is 95.7 cm³/mol. The Morgan fingerprint density at radius 1 is 1.33 bits per heavy atom. The molecule has 0 radical (unpaired) electrons. The predicted octanol–water partition coefficient (Wildman–Crippen LogP) is 2.05. The van der Waals surface area contributed by atoms with Gasteiger partial charge in [-0.2, -0.15) is 0 Å². The smallest absolute Gasteiger partial charge is 0.294 e. The number of carbonyl (C=O) groups excluding carboxylic acids is 3. The van der Waals surface area contributed by atoms with Crippen LogP contribution in [0.3, 0.4) is 0 Å². The molecule has 1 heterocycles. The minimum absolute atomic E-state index is 0.259. The van der Waals surface area contributed by atoms with E-state index < -0.39 is 11.1 Å². The fourth-order valence-electron chi connectivity index (χ4n) is 1.99. The maximum Gasteiger partial charge on any atom is 0.294 e. The number of thioether (sulfide) groups is 1. The molecule has 0 aromatic heterocycles. The van der Waals surface area contributed by atoms with Gasteiger partial charge in [0.2, 0.25) is 5.91 Å². The van der Waals surface area contributed by atoms with Gasteiger partial charge >= 0.3 is 0 Å². The quantitative estimate of drug-likeness (QED) is 0.779. The topological polar surface area (TPSA) is 69.7 Å². The van der Waals surface area contributed by atoms with E-state index in [1.54, 1.807) is 30.3 Å². The fraction of sp³-hybridized carbons (Fsp3) is 0.312. The lowest BCUT2D eigenvalue weighted by Crippen LogP contribution is -2.41. The third kappa shape index (κ3) is 4.83. The van der Waals surface area contributed by atoms with E-state index in [1.165, 1.54) is 0 Å². The Kier molecular flexibility index (Phi) is 6.42. The summed E-state index contributed by atoms with van der Waals surface area (Å²) in [7, 11) is 3.78. The second-order valence-corrected chi connectivity index (χ2v) is 6.84. The number of hydrogen-bond donors (Lipinski definition) is 1. The second kappa shape index (κ2) is 8.32. The number of carbonyl (C=O) groups is 3. The summed E-state index contributed by atoms with van der Waals surface area (Å²) in [4.78, 5) is 39.3. The first-order valence-electron chi connectivity index (χ1n) is 7.30. The number of nitrogens with zero attached hydrogens (tertiary/aromatic N) is 2. The van der Waals surface area contributed by atoms with Crippen molar-refractivity contribution in [3.05, 3.63) is 39.8 Å². The highest BCUT2D eigenvalue weighted by molar-refractivity contribution is 8.18. The molecule has 0 unspecified atom stereocenters. The molecule has 3 amide bonds. The van der Waals surface area contributed by atoms with Gasteiger partial charge in [0.15, 0.2) is 0 Å². The largest absolute Gasteiger partial charge is 0.353 e. The van der Waals surface area contributed by atoms with E-state index in [-0.39, 0.29) is 17.4 Å². The maximum atomic E-state index is 12.3. The van der Waals surface area contributed by atoms with Crippen molar-refractivity contribution in [1.29, 1.82) is 0 Å². The number of hydrogen-bond acceptors (Lipinski definition) is 5. The Hall–Kier alpha value is -1.83. The van der Waals surface area contributed by atoms with Gasteiger partial charge in [-0.25, -0.2) is 0 Å². The van der Waals surface area contributed by atoms with Crippen molar-refractivity contribution in [2.45, 2.75) is 0 Å². The molecule has 0 atom stereocenters. The molecule has 0 saturated carbocycles.